The van der Waals surface area contributed by atoms with Gasteiger partial charge in [-0.1, -0.05) is 66.7 Å². The maximum absolute atomic E-state index is 13.4. The van der Waals surface area contributed by atoms with Gasteiger partial charge in [0.25, 0.3) is 0 Å². The summed E-state index contributed by atoms with van der Waals surface area (Å²) in [6, 6.07) is 32.3. The van der Waals surface area contributed by atoms with E-state index in [0.29, 0.717) is 22.5 Å². The Hall–Kier alpha value is -4.36. The third-order valence-corrected chi connectivity index (χ3v) is 6.44. The second kappa shape index (κ2) is 8.88. The summed E-state index contributed by atoms with van der Waals surface area (Å²) in [5.74, 6) is 0.408. The molecule has 0 amide bonds. The van der Waals surface area contributed by atoms with Crippen molar-refractivity contribution in [1.29, 1.82) is 0 Å². The summed E-state index contributed by atoms with van der Waals surface area (Å²) in [5.41, 5.74) is 1.58. The molecule has 0 saturated heterocycles. The SMILES string of the molecule is O=c1cc(-c2ccccc2)oc2cc(OS(=O)(=O)N(c3ccccc3)c3ccccc3)ccc12. The molecule has 34 heavy (non-hydrogen) atoms. The van der Waals surface area contributed by atoms with Gasteiger partial charge in [0.05, 0.1) is 16.8 Å². The Morgan fingerprint density at radius 2 is 1.24 bits per heavy atom. The largest absolute Gasteiger partial charge is 0.456 e. The lowest BCUT2D eigenvalue weighted by atomic mass is 10.1. The maximum Gasteiger partial charge on any atom is 0.414 e. The highest BCUT2D eigenvalue weighted by Crippen LogP contribution is 2.31. The van der Waals surface area contributed by atoms with E-state index < -0.39 is 10.3 Å². The molecular formula is C27H19NO5S. The van der Waals surface area contributed by atoms with E-state index in [0.717, 1.165) is 9.87 Å². The fourth-order valence-electron chi connectivity index (χ4n) is 3.62. The van der Waals surface area contributed by atoms with E-state index in [1.165, 1.54) is 24.3 Å². The van der Waals surface area contributed by atoms with Crippen LogP contribution in [0.25, 0.3) is 22.3 Å². The fraction of sp³-hybridized carbons (Fsp3) is 0. The molecule has 168 valence electrons. The normalized spacial score (nSPS) is 11.3. The maximum atomic E-state index is 13.4. The number of para-hydroxylation sites is 2. The molecular weight excluding hydrogens is 450 g/mol. The highest BCUT2D eigenvalue weighted by atomic mass is 32.2. The third-order valence-electron chi connectivity index (χ3n) is 5.17. The van der Waals surface area contributed by atoms with Crippen molar-refractivity contribution in [3.05, 3.63) is 125 Å². The smallest absolute Gasteiger partial charge is 0.414 e. The molecule has 7 heteroatoms. The van der Waals surface area contributed by atoms with Gasteiger partial charge in [-0.15, -0.1) is 0 Å². The summed E-state index contributed by atoms with van der Waals surface area (Å²) >= 11 is 0. The van der Waals surface area contributed by atoms with E-state index in [1.807, 2.05) is 30.3 Å². The standard InChI is InChI=1S/C27H19NO5S/c29-25-19-26(20-10-4-1-5-11-20)32-27-18-23(16-17-24(25)27)33-34(30,31)28(21-12-6-2-7-13-21)22-14-8-3-9-15-22/h1-19H. The number of benzene rings is 4. The van der Waals surface area contributed by atoms with Crippen LogP contribution in [0.2, 0.25) is 0 Å². The van der Waals surface area contributed by atoms with E-state index >= 15 is 0 Å². The Balaban J connectivity index is 1.56. The number of anilines is 2. The van der Waals surface area contributed by atoms with Crippen LogP contribution in [0, 0.1) is 0 Å². The summed E-state index contributed by atoms with van der Waals surface area (Å²) < 4.78 is 39.4. The number of hydrogen-bond acceptors (Lipinski definition) is 5. The molecule has 0 aliphatic rings. The average molecular weight is 470 g/mol. The Labute approximate surface area is 196 Å². The van der Waals surface area contributed by atoms with Crippen molar-refractivity contribution in [2.45, 2.75) is 0 Å². The van der Waals surface area contributed by atoms with Gasteiger partial charge in [0.15, 0.2) is 5.43 Å². The Bertz CT molecular complexity index is 1560. The molecule has 5 aromatic rings. The minimum Gasteiger partial charge on any atom is -0.456 e. The van der Waals surface area contributed by atoms with Crippen LogP contribution in [-0.4, -0.2) is 8.42 Å². The summed E-state index contributed by atoms with van der Waals surface area (Å²) in [4.78, 5) is 12.6. The van der Waals surface area contributed by atoms with Crippen molar-refractivity contribution in [3.8, 4) is 17.1 Å². The van der Waals surface area contributed by atoms with Crippen molar-refractivity contribution in [3.63, 3.8) is 0 Å². The summed E-state index contributed by atoms with van der Waals surface area (Å²) in [5, 5.41) is 0.326. The molecule has 0 N–H and O–H groups in total. The second-order valence-electron chi connectivity index (χ2n) is 7.48. The second-order valence-corrected chi connectivity index (χ2v) is 8.86. The highest BCUT2D eigenvalue weighted by Gasteiger charge is 2.27. The monoisotopic (exact) mass is 469 g/mol. The van der Waals surface area contributed by atoms with Crippen LogP contribution in [0.15, 0.2) is 124 Å². The van der Waals surface area contributed by atoms with Crippen LogP contribution in [0.4, 0.5) is 11.4 Å². The molecule has 5 rings (SSSR count). The van der Waals surface area contributed by atoms with Crippen molar-refractivity contribution >= 4 is 32.6 Å². The van der Waals surface area contributed by atoms with Gasteiger partial charge in [0, 0.05) is 17.7 Å². The van der Waals surface area contributed by atoms with Crippen LogP contribution < -0.4 is 13.9 Å². The van der Waals surface area contributed by atoms with Gasteiger partial charge in [-0.2, -0.15) is 8.42 Å². The Morgan fingerprint density at radius 3 is 1.82 bits per heavy atom. The van der Waals surface area contributed by atoms with Crippen molar-refractivity contribution in [2.75, 3.05) is 4.31 Å². The number of rotatable bonds is 6. The first-order valence-corrected chi connectivity index (χ1v) is 11.9. The lowest BCUT2D eigenvalue weighted by Crippen LogP contribution is -2.30. The molecule has 0 aliphatic carbocycles. The summed E-state index contributed by atoms with van der Waals surface area (Å²) in [6.45, 7) is 0. The van der Waals surface area contributed by atoms with Crippen LogP contribution in [0.1, 0.15) is 0 Å². The predicted molar refractivity (Wildman–Crippen MR) is 132 cm³/mol. The van der Waals surface area contributed by atoms with Gasteiger partial charge in [-0.3, -0.25) is 4.79 Å². The zero-order chi connectivity index (χ0) is 23.5. The molecule has 0 saturated carbocycles. The molecule has 0 spiro atoms. The number of hydrogen-bond donors (Lipinski definition) is 0. The Kier molecular flexibility index (Phi) is 5.61. The first-order valence-electron chi connectivity index (χ1n) is 10.5. The first kappa shape index (κ1) is 21.5. The fourth-order valence-corrected chi connectivity index (χ4v) is 4.81. The predicted octanol–water partition coefficient (Wildman–Crippen LogP) is 5.92. The van der Waals surface area contributed by atoms with Gasteiger partial charge >= 0.3 is 10.3 Å². The van der Waals surface area contributed by atoms with Crippen LogP contribution in [0.5, 0.6) is 5.75 Å². The zero-order valence-corrected chi connectivity index (χ0v) is 18.7. The van der Waals surface area contributed by atoms with E-state index in [9.17, 15) is 13.2 Å². The van der Waals surface area contributed by atoms with Crippen LogP contribution in [-0.2, 0) is 10.3 Å². The van der Waals surface area contributed by atoms with E-state index in [4.69, 9.17) is 8.60 Å². The molecule has 0 aliphatic heterocycles. The zero-order valence-electron chi connectivity index (χ0n) is 17.9. The molecule has 0 fully saturated rings. The van der Waals surface area contributed by atoms with Gasteiger partial charge in [-0.05, 0) is 36.4 Å². The minimum atomic E-state index is -4.31. The van der Waals surface area contributed by atoms with E-state index in [1.54, 1.807) is 60.7 Å². The summed E-state index contributed by atoms with van der Waals surface area (Å²) in [6.07, 6.45) is 0. The van der Waals surface area contributed by atoms with Crippen LogP contribution in [0.3, 0.4) is 0 Å². The molecule has 0 unspecified atom stereocenters. The van der Waals surface area contributed by atoms with E-state index in [-0.39, 0.29) is 16.8 Å². The number of fused-ring (bicyclic) bond motifs is 1. The molecule has 6 nitrogen and oxygen atoms in total. The average Bonchev–Trinajstić information content (AvgIpc) is 2.85. The first-order chi connectivity index (χ1) is 16.5. The molecule has 1 heterocycles. The number of nitrogens with zero attached hydrogens (tertiary/aromatic N) is 1. The summed E-state index contributed by atoms with van der Waals surface area (Å²) in [7, 11) is -4.31. The minimum absolute atomic E-state index is 0.0257. The topological polar surface area (TPSA) is 76.8 Å². The van der Waals surface area contributed by atoms with Gasteiger partial charge in [0.1, 0.15) is 17.1 Å². The highest BCUT2D eigenvalue weighted by molar-refractivity contribution is 7.88. The lowest BCUT2D eigenvalue weighted by molar-refractivity contribution is 0.486. The van der Waals surface area contributed by atoms with E-state index in [2.05, 4.69) is 0 Å². The molecule has 4 aromatic carbocycles. The van der Waals surface area contributed by atoms with Crippen LogP contribution >= 0.6 is 0 Å². The molecule has 0 atom stereocenters. The van der Waals surface area contributed by atoms with Gasteiger partial charge < -0.3 is 8.60 Å². The van der Waals surface area contributed by atoms with Gasteiger partial charge in [-0.25, -0.2) is 4.31 Å². The molecule has 1 aromatic heterocycles. The van der Waals surface area contributed by atoms with Gasteiger partial charge in [0.2, 0.25) is 0 Å². The lowest BCUT2D eigenvalue weighted by Gasteiger charge is -2.23. The van der Waals surface area contributed by atoms with Crippen molar-refractivity contribution < 1.29 is 17.0 Å². The van der Waals surface area contributed by atoms with Crippen molar-refractivity contribution in [2.24, 2.45) is 0 Å². The Morgan fingerprint density at radius 1 is 0.676 bits per heavy atom. The molecule has 0 bridgehead atoms. The quantitative estimate of drug-likeness (QED) is 0.308. The molecule has 0 radical (unpaired) electrons. The van der Waals surface area contributed by atoms with Crippen molar-refractivity contribution in [1.82, 2.24) is 0 Å². The third kappa shape index (κ3) is 4.29.